The van der Waals surface area contributed by atoms with Gasteiger partial charge in [0.2, 0.25) is 0 Å². The molecule has 1 aromatic rings. The maximum Gasteiger partial charge on any atom is 0.141 e. The van der Waals surface area contributed by atoms with Crippen molar-refractivity contribution in [2.45, 2.75) is 32.2 Å². The first-order chi connectivity index (χ1) is 7.68. The second kappa shape index (κ2) is 5.92. The number of halogens is 1. The summed E-state index contributed by atoms with van der Waals surface area (Å²) >= 11 is 0. The Morgan fingerprint density at radius 3 is 2.62 bits per heavy atom. The average Bonchev–Trinajstić information content (AvgIpc) is 2.33. The highest BCUT2D eigenvalue weighted by Gasteiger charge is 2.30. The van der Waals surface area contributed by atoms with Crippen molar-refractivity contribution in [3.05, 3.63) is 29.8 Å². The molecule has 0 aromatic carbocycles. The molecule has 0 spiro atoms. The molecule has 0 fully saturated rings. The van der Waals surface area contributed by atoms with E-state index in [0.717, 1.165) is 13.0 Å². The minimum atomic E-state index is -0.552. The first kappa shape index (κ1) is 13.1. The van der Waals surface area contributed by atoms with E-state index in [1.165, 1.54) is 12.3 Å². The number of nitrogens with zero attached hydrogens (tertiary/aromatic N) is 1. The summed E-state index contributed by atoms with van der Waals surface area (Å²) in [6.07, 6.45) is 2.87. The van der Waals surface area contributed by atoms with Gasteiger partial charge in [-0.25, -0.2) is 4.39 Å². The predicted octanol–water partition coefficient (Wildman–Crippen LogP) is 1.82. The van der Waals surface area contributed by atoms with Gasteiger partial charge < -0.3 is 10.4 Å². The molecular formula is C12H19FN2O. The minimum absolute atomic E-state index is 0.0396. The van der Waals surface area contributed by atoms with E-state index in [-0.39, 0.29) is 12.4 Å². The molecule has 0 aliphatic heterocycles. The average molecular weight is 226 g/mol. The van der Waals surface area contributed by atoms with Crippen LogP contribution in [0.1, 0.15) is 32.4 Å². The molecule has 0 saturated carbocycles. The summed E-state index contributed by atoms with van der Waals surface area (Å²) in [6, 6.07) is 2.99. The Labute approximate surface area is 95.7 Å². The zero-order valence-corrected chi connectivity index (χ0v) is 9.83. The summed E-state index contributed by atoms with van der Waals surface area (Å²) in [5.41, 5.74) is 0.135. The minimum Gasteiger partial charge on any atom is -0.394 e. The number of hydrogen-bond donors (Lipinski definition) is 2. The van der Waals surface area contributed by atoms with E-state index in [2.05, 4.69) is 17.2 Å². The van der Waals surface area contributed by atoms with E-state index >= 15 is 0 Å². The molecule has 0 aliphatic rings. The van der Waals surface area contributed by atoms with Crippen LogP contribution in [0, 0.1) is 5.82 Å². The third-order valence-electron chi connectivity index (χ3n) is 2.80. The van der Waals surface area contributed by atoms with Crippen molar-refractivity contribution in [2.75, 3.05) is 13.2 Å². The summed E-state index contributed by atoms with van der Waals surface area (Å²) in [7, 11) is 0. The molecule has 0 bridgehead atoms. The summed E-state index contributed by atoms with van der Waals surface area (Å²) in [6.45, 7) is 4.79. The topological polar surface area (TPSA) is 45.1 Å². The molecule has 0 radical (unpaired) electrons. The molecule has 2 N–H and O–H groups in total. The predicted molar refractivity (Wildman–Crippen MR) is 61.5 cm³/mol. The molecule has 0 aliphatic carbocycles. The van der Waals surface area contributed by atoms with Crippen LogP contribution < -0.4 is 5.32 Å². The molecular weight excluding hydrogens is 207 g/mol. The lowest BCUT2D eigenvalue weighted by molar-refractivity contribution is 0.152. The molecule has 1 heterocycles. The van der Waals surface area contributed by atoms with Crippen molar-refractivity contribution in [3.63, 3.8) is 0 Å². The molecule has 3 nitrogen and oxygen atoms in total. The van der Waals surface area contributed by atoms with E-state index in [1.54, 1.807) is 6.07 Å². The largest absolute Gasteiger partial charge is 0.394 e. The molecule has 90 valence electrons. The van der Waals surface area contributed by atoms with Crippen molar-refractivity contribution in [2.24, 2.45) is 0 Å². The summed E-state index contributed by atoms with van der Waals surface area (Å²) in [4.78, 5) is 4.05. The number of hydrogen-bond acceptors (Lipinski definition) is 3. The van der Waals surface area contributed by atoms with Crippen molar-refractivity contribution >= 4 is 0 Å². The lowest BCUT2D eigenvalue weighted by Crippen LogP contribution is -2.46. The van der Waals surface area contributed by atoms with Gasteiger partial charge in [0, 0.05) is 0 Å². The third-order valence-corrected chi connectivity index (χ3v) is 2.80. The highest BCUT2D eigenvalue weighted by atomic mass is 19.1. The van der Waals surface area contributed by atoms with Gasteiger partial charge in [0.25, 0.3) is 0 Å². The van der Waals surface area contributed by atoms with Gasteiger partial charge in [0.1, 0.15) is 5.82 Å². The Hall–Kier alpha value is -1.00. The van der Waals surface area contributed by atoms with E-state index in [4.69, 9.17) is 0 Å². The van der Waals surface area contributed by atoms with Crippen molar-refractivity contribution in [3.8, 4) is 0 Å². The van der Waals surface area contributed by atoms with E-state index in [0.29, 0.717) is 12.1 Å². The second-order valence-electron chi connectivity index (χ2n) is 3.88. The van der Waals surface area contributed by atoms with Gasteiger partial charge in [0.05, 0.1) is 24.0 Å². The lowest BCUT2D eigenvalue weighted by atomic mass is 9.92. The van der Waals surface area contributed by atoms with Gasteiger partial charge in [-0.3, -0.25) is 4.98 Å². The molecule has 1 rings (SSSR count). The monoisotopic (exact) mass is 226 g/mol. The summed E-state index contributed by atoms with van der Waals surface area (Å²) in [5, 5.41) is 12.8. The van der Waals surface area contributed by atoms with E-state index < -0.39 is 5.54 Å². The third kappa shape index (κ3) is 2.77. The summed E-state index contributed by atoms with van der Waals surface area (Å²) in [5.74, 6) is -0.359. The fourth-order valence-corrected chi connectivity index (χ4v) is 1.67. The van der Waals surface area contributed by atoms with Crippen LogP contribution in [0.5, 0.6) is 0 Å². The van der Waals surface area contributed by atoms with Gasteiger partial charge in [-0.2, -0.15) is 0 Å². The Balaban J connectivity index is 2.95. The van der Waals surface area contributed by atoms with Crippen molar-refractivity contribution in [1.82, 2.24) is 10.3 Å². The number of aromatic nitrogens is 1. The standard InChI is InChI=1S/C12H19FN2O/c1-3-7-15-12(4-2,9-16)11-6-5-10(13)8-14-11/h5-6,8,15-16H,3-4,7,9H2,1-2H3. The fourth-order valence-electron chi connectivity index (χ4n) is 1.67. The Kier molecular flexibility index (Phi) is 4.83. The van der Waals surface area contributed by atoms with Crippen LogP contribution >= 0.6 is 0 Å². The van der Waals surface area contributed by atoms with E-state index in [1.807, 2.05) is 6.92 Å². The van der Waals surface area contributed by atoms with Gasteiger partial charge >= 0.3 is 0 Å². The summed E-state index contributed by atoms with van der Waals surface area (Å²) < 4.78 is 12.8. The number of rotatable bonds is 6. The molecule has 0 amide bonds. The lowest BCUT2D eigenvalue weighted by Gasteiger charge is -2.31. The quantitative estimate of drug-likeness (QED) is 0.777. The number of pyridine rings is 1. The zero-order chi connectivity index (χ0) is 12.0. The van der Waals surface area contributed by atoms with Crippen LogP contribution in [-0.4, -0.2) is 23.2 Å². The van der Waals surface area contributed by atoms with Crippen LogP contribution in [0.3, 0.4) is 0 Å². The van der Waals surface area contributed by atoms with E-state index in [9.17, 15) is 9.50 Å². The highest BCUT2D eigenvalue weighted by molar-refractivity contribution is 5.16. The smallest absolute Gasteiger partial charge is 0.141 e. The van der Waals surface area contributed by atoms with Gasteiger partial charge in [-0.1, -0.05) is 13.8 Å². The first-order valence-corrected chi connectivity index (χ1v) is 5.66. The van der Waals surface area contributed by atoms with Crippen molar-refractivity contribution < 1.29 is 9.50 Å². The maximum atomic E-state index is 12.8. The number of aliphatic hydroxyl groups is 1. The van der Waals surface area contributed by atoms with Gasteiger partial charge in [0.15, 0.2) is 0 Å². The van der Waals surface area contributed by atoms with Crippen LogP contribution in [0.15, 0.2) is 18.3 Å². The molecule has 16 heavy (non-hydrogen) atoms. The first-order valence-electron chi connectivity index (χ1n) is 5.66. The zero-order valence-electron chi connectivity index (χ0n) is 9.83. The molecule has 1 atom stereocenters. The van der Waals surface area contributed by atoms with Gasteiger partial charge in [-0.15, -0.1) is 0 Å². The fraction of sp³-hybridized carbons (Fsp3) is 0.583. The Bertz CT molecular complexity index is 309. The van der Waals surface area contributed by atoms with Crippen LogP contribution in [0.4, 0.5) is 4.39 Å². The van der Waals surface area contributed by atoms with Gasteiger partial charge in [-0.05, 0) is 31.5 Å². The second-order valence-corrected chi connectivity index (χ2v) is 3.88. The van der Waals surface area contributed by atoms with Crippen LogP contribution in [0.2, 0.25) is 0 Å². The molecule has 4 heteroatoms. The maximum absolute atomic E-state index is 12.8. The van der Waals surface area contributed by atoms with Crippen LogP contribution in [0.25, 0.3) is 0 Å². The normalized spacial score (nSPS) is 14.8. The molecule has 1 aromatic heterocycles. The SMILES string of the molecule is CCCNC(CC)(CO)c1ccc(F)cn1. The number of nitrogens with one attached hydrogen (secondary N) is 1. The number of aliphatic hydroxyl groups excluding tert-OH is 1. The Morgan fingerprint density at radius 1 is 1.44 bits per heavy atom. The highest BCUT2D eigenvalue weighted by Crippen LogP contribution is 2.22. The molecule has 1 unspecified atom stereocenters. The molecule has 0 saturated heterocycles. The van der Waals surface area contributed by atoms with Crippen molar-refractivity contribution in [1.29, 1.82) is 0 Å². The Morgan fingerprint density at radius 2 is 2.19 bits per heavy atom. The van der Waals surface area contributed by atoms with Crippen LogP contribution in [-0.2, 0) is 5.54 Å².